The van der Waals surface area contributed by atoms with Crippen molar-refractivity contribution >= 4 is 11.7 Å². The number of amides is 2. The maximum atomic E-state index is 12.5. The highest BCUT2D eigenvalue weighted by atomic mass is 19.4. The minimum atomic E-state index is -4.36. The number of fused-ring (bicyclic) bond motifs is 1. The zero-order valence-corrected chi connectivity index (χ0v) is 13.9. The first-order chi connectivity index (χ1) is 11.9. The van der Waals surface area contributed by atoms with Crippen molar-refractivity contribution in [2.75, 3.05) is 31.5 Å². The lowest BCUT2D eigenvalue weighted by Crippen LogP contribution is -2.61. The number of benzene rings is 1. The van der Waals surface area contributed by atoms with Crippen molar-refractivity contribution in [3.63, 3.8) is 0 Å². The van der Waals surface area contributed by atoms with E-state index in [1.54, 1.807) is 4.90 Å². The third kappa shape index (κ3) is 3.34. The Morgan fingerprint density at radius 1 is 1.00 bits per heavy atom. The lowest BCUT2D eigenvalue weighted by atomic mass is 10.0. The second-order valence-electron chi connectivity index (χ2n) is 7.47. The normalized spacial score (nSPS) is 27.2. The van der Waals surface area contributed by atoms with Gasteiger partial charge in [0, 0.05) is 37.9 Å². The van der Waals surface area contributed by atoms with Crippen LogP contribution in [-0.2, 0) is 6.18 Å². The summed E-state index contributed by atoms with van der Waals surface area (Å²) >= 11 is 0. The van der Waals surface area contributed by atoms with Gasteiger partial charge in [-0.15, -0.1) is 0 Å². The van der Waals surface area contributed by atoms with Crippen LogP contribution in [0.25, 0.3) is 0 Å². The van der Waals surface area contributed by atoms with Crippen molar-refractivity contribution in [1.29, 1.82) is 0 Å². The van der Waals surface area contributed by atoms with Crippen LogP contribution in [0.1, 0.15) is 24.8 Å². The van der Waals surface area contributed by atoms with Crippen molar-refractivity contribution in [3.05, 3.63) is 29.8 Å². The van der Waals surface area contributed by atoms with Gasteiger partial charge in [-0.05, 0) is 48.9 Å². The maximum absolute atomic E-state index is 12.5. The number of carbonyl (C=O) groups excluding carboxylic acids is 1. The fourth-order valence-corrected chi connectivity index (χ4v) is 4.37. The summed E-state index contributed by atoms with van der Waals surface area (Å²) in [7, 11) is 0. The van der Waals surface area contributed by atoms with E-state index < -0.39 is 11.7 Å². The largest absolute Gasteiger partial charge is 0.416 e. The van der Waals surface area contributed by atoms with Gasteiger partial charge < -0.3 is 10.2 Å². The van der Waals surface area contributed by atoms with Gasteiger partial charge in [-0.25, -0.2) is 4.79 Å². The van der Waals surface area contributed by atoms with Gasteiger partial charge in [0.15, 0.2) is 0 Å². The summed E-state index contributed by atoms with van der Waals surface area (Å²) in [5.41, 5.74) is -0.328. The van der Waals surface area contributed by atoms with Gasteiger partial charge in [-0.2, -0.15) is 13.2 Å². The molecule has 4 nitrogen and oxygen atoms in total. The topological polar surface area (TPSA) is 35.6 Å². The summed E-state index contributed by atoms with van der Waals surface area (Å²) in [6.07, 6.45) is -0.325. The number of anilines is 1. The molecule has 1 aromatic rings. The minimum Gasteiger partial charge on any atom is -0.321 e. The molecule has 4 rings (SSSR count). The Hall–Kier alpha value is -1.76. The van der Waals surface area contributed by atoms with E-state index in [-0.39, 0.29) is 6.03 Å². The maximum Gasteiger partial charge on any atom is 0.416 e. The summed E-state index contributed by atoms with van der Waals surface area (Å²) in [5, 5.41) is 2.67. The molecule has 25 heavy (non-hydrogen) atoms. The standard InChI is InChI=1S/C18H22F3N3O/c19-18(20,21)14-4-6-15(7-5-14)22-17(25)24-10-16(11-24)23-8-12-2-1-3-13(12)9-23/h4-7,12-13,16H,1-3,8-11H2,(H,22,25). The van der Waals surface area contributed by atoms with Crippen LogP contribution in [0.3, 0.4) is 0 Å². The van der Waals surface area contributed by atoms with E-state index >= 15 is 0 Å². The predicted molar refractivity (Wildman–Crippen MR) is 88.2 cm³/mol. The number of rotatable bonds is 2. The van der Waals surface area contributed by atoms with Crippen LogP contribution < -0.4 is 5.32 Å². The number of alkyl halides is 3. The van der Waals surface area contributed by atoms with Crippen molar-refractivity contribution in [3.8, 4) is 0 Å². The number of nitrogens with one attached hydrogen (secondary N) is 1. The minimum absolute atomic E-state index is 0.240. The van der Waals surface area contributed by atoms with Crippen molar-refractivity contribution in [2.45, 2.75) is 31.5 Å². The van der Waals surface area contributed by atoms with Crippen molar-refractivity contribution < 1.29 is 18.0 Å². The van der Waals surface area contributed by atoms with Gasteiger partial charge in [0.2, 0.25) is 0 Å². The molecule has 0 aromatic heterocycles. The number of carbonyl (C=O) groups is 1. The van der Waals surface area contributed by atoms with Crippen LogP contribution in [0, 0.1) is 11.8 Å². The van der Waals surface area contributed by atoms with E-state index in [1.807, 2.05) is 0 Å². The van der Waals surface area contributed by atoms with Gasteiger partial charge in [0.25, 0.3) is 0 Å². The zero-order chi connectivity index (χ0) is 17.6. The monoisotopic (exact) mass is 353 g/mol. The third-order valence-corrected chi connectivity index (χ3v) is 5.88. The van der Waals surface area contributed by atoms with Crippen LogP contribution in [0.2, 0.25) is 0 Å². The molecule has 3 aliphatic rings. The molecule has 2 heterocycles. The van der Waals surface area contributed by atoms with Gasteiger partial charge in [-0.1, -0.05) is 6.42 Å². The van der Waals surface area contributed by atoms with E-state index in [0.29, 0.717) is 24.8 Å². The van der Waals surface area contributed by atoms with E-state index in [2.05, 4.69) is 10.2 Å². The Bertz CT molecular complexity index is 628. The molecule has 3 fully saturated rings. The number of nitrogens with zero attached hydrogens (tertiary/aromatic N) is 2. The number of urea groups is 1. The summed E-state index contributed by atoms with van der Waals surface area (Å²) in [4.78, 5) is 16.4. The van der Waals surface area contributed by atoms with Crippen LogP contribution >= 0.6 is 0 Å². The molecule has 0 radical (unpaired) electrons. The molecule has 0 spiro atoms. The average Bonchev–Trinajstić information content (AvgIpc) is 3.06. The molecule has 2 saturated heterocycles. The molecule has 0 bridgehead atoms. The van der Waals surface area contributed by atoms with E-state index in [0.717, 1.165) is 37.1 Å². The van der Waals surface area contributed by atoms with Crippen molar-refractivity contribution in [1.82, 2.24) is 9.80 Å². The molecular formula is C18H22F3N3O. The Morgan fingerprint density at radius 2 is 1.60 bits per heavy atom. The Labute approximate surface area is 145 Å². The molecule has 1 saturated carbocycles. The first-order valence-electron chi connectivity index (χ1n) is 8.87. The average molecular weight is 353 g/mol. The number of likely N-dealkylation sites (tertiary alicyclic amines) is 2. The fraction of sp³-hybridized carbons (Fsp3) is 0.611. The van der Waals surface area contributed by atoms with E-state index in [4.69, 9.17) is 0 Å². The second kappa shape index (κ2) is 6.20. The smallest absolute Gasteiger partial charge is 0.321 e. The predicted octanol–water partition coefficient (Wildman–Crippen LogP) is 3.65. The van der Waals surface area contributed by atoms with Crippen LogP contribution in [0.4, 0.5) is 23.7 Å². The van der Waals surface area contributed by atoms with Crippen molar-refractivity contribution in [2.24, 2.45) is 11.8 Å². The first kappa shape index (κ1) is 16.7. The fourth-order valence-electron chi connectivity index (χ4n) is 4.37. The Balaban J connectivity index is 1.26. The van der Waals surface area contributed by atoms with Crippen LogP contribution in [0.15, 0.2) is 24.3 Å². The van der Waals surface area contributed by atoms with Gasteiger partial charge in [0.05, 0.1) is 5.56 Å². The SMILES string of the molecule is O=C(Nc1ccc(C(F)(F)F)cc1)N1CC(N2CC3CCCC3C2)C1. The molecule has 2 atom stereocenters. The zero-order valence-electron chi connectivity index (χ0n) is 13.9. The lowest BCUT2D eigenvalue weighted by Gasteiger charge is -2.44. The highest BCUT2D eigenvalue weighted by Crippen LogP contribution is 2.39. The number of hydrogen-bond donors (Lipinski definition) is 1. The molecule has 1 aliphatic carbocycles. The number of hydrogen-bond acceptors (Lipinski definition) is 2. The summed E-state index contributed by atoms with van der Waals surface area (Å²) in [6.45, 7) is 3.71. The van der Waals surface area contributed by atoms with E-state index in [9.17, 15) is 18.0 Å². The van der Waals surface area contributed by atoms with Crippen LogP contribution in [-0.4, -0.2) is 48.1 Å². The molecule has 2 amide bonds. The Morgan fingerprint density at radius 3 is 2.16 bits per heavy atom. The molecule has 1 aromatic carbocycles. The van der Waals surface area contributed by atoms with Gasteiger partial charge in [0.1, 0.15) is 0 Å². The highest BCUT2D eigenvalue weighted by Gasteiger charge is 2.43. The van der Waals surface area contributed by atoms with Gasteiger partial charge in [-0.3, -0.25) is 4.90 Å². The lowest BCUT2D eigenvalue weighted by molar-refractivity contribution is -0.137. The number of halogens is 3. The highest BCUT2D eigenvalue weighted by molar-refractivity contribution is 5.89. The summed E-state index contributed by atoms with van der Waals surface area (Å²) in [5.74, 6) is 1.69. The molecular weight excluding hydrogens is 331 g/mol. The third-order valence-electron chi connectivity index (χ3n) is 5.88. The molecule has 2 unspecified atom stereocenters. The van der Waals surface area contributed by atoms with Gasteiger partial charge >= 0.3 is 12.2 Å². The Kier molecular flexibility index (Phi) is 4.14. The van der Waals surface area contributed by atoms with Crippen LogP contribution in [0.5, 0.6) is 0 Å². The summed E-state index contributed by atoms with van der Waals surface area (Å²) < 4.78 is 37.6. The molecule has 2 aliphatic heterocycles. The quantitative estimate of drug-likeness (QED) is 0.881. The first-order valence-corrected chi connectivity index (χ1v) is 8.87. The molecule has 1 N–H and O–H groups in total. The summed E-state index contributed by atoms with van der Waals surface area (Å²) in [6, 6.07) is 4.74. The molecule has 136 valence electrons. The van der Waals surface area contributed by atoms with E-state index in [1.165, 1.54) is 31.4 Å². The second-order valence-corrected chi connectivity index (χ2v) is 7.47. The molecule has 7 heteroatoms.